The molecule has 0 aliphatic carbocycles. The van der Waals surface area contributed by atoms with E-state index in [0.717, 1.165) is 4.90 Å². The van der Waals surface area contributed by atoms with Gasteiger partial charge in [-0.3, -0.25) is 35.0 Å². The molecule has 1 unspecified atom stereocenters. The summed E-state index contributed by atoms with van der Waals surface area (Å²) in [6, 6.07) is 6.74. The zero-order valence-corrected chi connectivity index (χ0v) is 13.1. The van der Waals surface area contributed by atoms with Gasteiger partial charge >= 0.3 is 5.97 Å². The van der Waals surface area contributed by atoms with Crippen LogP contribution in [0.4, 0.5) is 0 Å². The lowest BCUT2D eigenvalue weighted by atomic mass is 9.99. The van der Waals surface area contributed by atoms with E-state index in [4.69, 9.17) is 21.1 Å². The number of hydrogen-bond donors (Lipinski definition) is 4. The molecule has 3 rings (SSSR count). The maximum Gasteiger partial charge on any atom is 0.305 e. The summed E-state index contributed by atoms with van der Waals surface area (Å²) in [5, 5.41) is 16.1. The highest BCUT2D eigenvalue weighted by atomic mass is 16.7. The van der Waals surface area contributed by atoms with Crippen molar-refractivity contribution in [1.29, 1.82) is 5.41 Å². The molecule has 25 heavy (non-hydrogen) atoms. The Bertz CT molecular complexity index is 801. The molecule has 1 fully saturated rings. The summed E-state index contributed by atoms with van der Waals surface area (Å²) in [7, 11) is 0. The summed E-state index contributed by atoms with van der Waals surface area (Å²) in [6.45, 7) is -0.186. The van der Waals surface area contributed by atoms with Crippen molar-refractivity contribution in [3.8, 4) is 0 Å². The molecule has 2 heterocycles. The van der Waals surface area contributed by atoms with Crippen molar-refractivity contribution < 1.29 is 24.3 Å². The third-order valence-corrected chi connectivity index (χ3v) is 4.10. The number of likely N-dealkylation sites (tertiary alicyclic amines) is 1. The van der Waals surface area contributed by atoms with Gasteiger partial charge in [0.15, 0.2) is 0 Å². The highest BCUT2D eigenvalue weighted by Gasteiger charge is 2.54. The van der Waals surface area contributed by atoms with Gasteiger partial charge in [-0.1, -0.05) is 24.3 Å². The topological polar surface area (TPSA) is 146 Å². The Kier molecular flexibility index (Phi) is 4.01. The van der Waals surface area contributed by atoms with Gasteiger partial charge < -0.3 is 10.8 Å². The average molecular weight is 344 g/mol. The number of nitrogens with one attached hydrogen (secondary N) is 2. The number of carboxylic acids is 1. The van der Waals surface area contributed by atoms with Crippen molar-refractivity contribution in [3.05, 3.63) is 41.5 Å². The molecule has 0 saturated carbocycles. The first-order valence-electron chi connectivity index (χ1n) is 7.51. The van der Waals surface area contributed by atoms with Crippen molar-refractivity contribution in [2.24, 2.45) is 5.73 Å². The molecule has 5 N–H and O–H groups in total. The molecule has 0 aromatic heterocycles. The van der Waals surface area contributed by atoms with E-state index in [1.807, 2.05) is 0 Å². The summed E-state index contributed by atoms with van der Waals surface area (Å²) in [4.78, 5) is 41.6. The fraction of sp³-hybridized carbons (Fsp3) is 0.250. The predicted octanol–water partition coefficient (Wildman–Crippen LogP) is -0.181. The number of carboxylic acid groups (broad SMARTS) is 1. The smallest absolute Gasteiger partial charge is 0.305 e. The number of nitrogen functional groups attached to an aromatic ring is 1. The minimum atomic E-state index is -1.45. The average Bonchev–Trinajstić information content (AvgIpc) is 3.08. The van der Waals surface area contributed by atoms with E-state index >= 15 is 0 Å². The molecular formula is C16H16N4O5. The van der Waals surface area contributed by atoms with Crippen LogP contribution in [-0.2, 0) is 19.2 Å². The van der Waals surface area contributed by atoms with E-state index in [0.29, 0.717) is 16.8 Å². The van der Waals surface area contributed by atoms with Crippen LogP contribution in [0, 0.1) is 5.41 Å². The van der Waals surface area contributed by atoms with Crippen molar-refractivity contribution in [3.63, 3.8) is 0 Å². The number of hydrogen-bond acceptors (Lipinski definition) is 6. The summed E-state index contributed by atoms with van der Waals surface area (Å²) < 4.78 is 0. The number of nitrogens with two attached hydrogens (primary N) is 1. The molecular weight excluding hydrogens is 328 g/mol. The first kappa shape index (κ1) is 16.7. The van der Waals surface area contributed by atoms with Crippen LogP contribution in [0.1, 0.15) is 24.0 Å². The van der Waals surface area contributed by atoms with Gasteiger partial charge in [-0.25, -0.2) is 0 Å². The van der Waals surface area contributed by atoms with Gasteiger partial charge in [0.05, 0.1) is 18.5 Å². The van der Waals surface area contributed by atoms with Crippen LogP contribution in [0.25, 0.3) is 5.70 Å². The lowest BCUT2D eigenvalue weighted by molar-refractivity contribution is -0.148. The normalized spacial score (nSPS) is 22.2. The second-order valence-electron chi connectivity index (χ2n) is 5.81. The number of hydroxylamine groups is 1. The van der Waals surface area contributed by atoms with Gasteiger partial charge in [-0.05, 0) is 11.6 Å². The van der Waals surface area contributed by atoms with E-state index in [-0.39, 0.29) is 25.2 Å². The van der Waals surface area contributed by atoms with Gasteiger partial charge in [0.1, 0.15) is 5.84 Å². The largest absolute Gasteiger partial charge is 0.481 e. The lowest BCUT2D eigenvalue weighted by Crippen LogP contribution is -2.41. The summed E-state index contributed by atoms with van der Waals surface area (Å²) in [5.41, 5.74) is 8.38. The van der Waals surface area contributed by atoms with Crippen LogP contribution in [0.3, 0.4) is 0 Å². The van der Waals surface area contributed by atoms with E-state index in [1.54, 1.807) is 24.3 Å². The molecule has 1 aromatic carbocycles. The molecule has 0 radical (unpaired) electrons. The quantitative estimate of drug-likeness (QED) is 0.329. The maximum absolute atomic E-state index is 12.5. The number of carbonyl (C=O) groups excluding carboxylic acids is 2. The minimum Gasteiger partial charge on any atom is -0.481 e. The van der Waals surface area contributed by atoms with Gasteiger partial charge in [0.25, 0.3) is 5.91 Å². The second-order valence-corrected chi connectivity index (χ2v) is 5.81. The molecule has 1 saturated heterocycles. The molecule has 9 heteroatoms. The molecule has 2 aliphatic heterocycles. The number of aliphatic carboxylic acids is 1. The first-order valence-corrected chi connectivity index (χ1v) is 7.51. The second kappa shape index (κ2) is 6.02. The summed E-state index contributed by atoms with van der Waals surface area (Å²) in [6.07, 6.45) is 1.02. The Balaban J connectivity index is 1.82. The molecule has 2 amide bonds. The molecule has 2 aliphatic rings. The fourth-order valence-electron chi connectivity index (χ4n) is 2.77. The standard InChI is InChI=1S/C16H16N4O5/c17-14(18)10-3-1-9(2-4-10)11-7-16(25-19-11)8-12(21)20(15(16)24)6-5-13(22)23/h1-4,7,19H,5-6,8H2,(H3,17,18)(H,22,23). The van der Waals surface area contributed by atoms with Gasteiger partial charge in [0.2, 0.25) is 11.5 Å². The van der Waals surface area contributed by atoms with Crippen LogP contribution >= 0.6 is 0 Å². The van der Waals surface area contributed by atoms with Gasteiger partial charge in [0, 0.05) is 12.1 Å². The molecule has 1 aromatic rings. The van der Waals surface area contributed by atoms with Crippen LogP contribution in [0.2, 0.25) is 0 Å². The van der Waals surface area contributed by atoms with Crippen LogP contribution < -0.4 is 11.2 Å². The number of rotatable bonds is 5. The van der Waals surface area contributed by atoms with Gasteiger partial charge in [-0.15, -0.1) is 0 Å². The number of nitrogens with zero attached hydrogens (tertiary/aromatic N) is 1. The Morgan fingerprint density at radius 2 is 2.04 bits per heavy atom. The zero-order chi connectivity index (χ0) is 18.2. The van der Waals surface area contributed by atoms with E-state index in [9.17, 15) is 14.4 Å². The van der Waals surface area contributed by atoms with Crippen molar-refractivity contribution in [2.75, 3.05) is 6.54 Å². The minimum absolute atomic E-state index is 0.0572. The van der Waals surface area contributed by atoms with Crippen LogP contribution in [0.15, 0.2) is 30.3 Å². The number of amidine groups is 1. The van der Waals surface area contributed by atoms with E-state index in [1.165, 1.54) is 6.08 Å². The maximum atomic E-state index is 12.5. The molecule has 130 valence electrons. The molecule has 0 bridgehead atoms. The van der Waals surface area contributed by atoms with Crippen molar-refractivity contribution in [2.45, 2.75) is 18.4 Å². The lowest BCUT2D eigenvalue weighted by Gasteiger charge is -2.17. The predicted molar refractivity (Wildman–Crippen MR) is 86.0 cm³/mol. The number of carbonyl (C=O) groups is 3. The molecule has 9 nitrogen and oxygen atoms in total. The SMILES string of the molecule is N=C(N)c1ccc(C2=CC3(CC(=O)N(CCC(=O)O)C3=O)ON2)cc1. The number of amides is 2. The highest BCUT2D eigenvalue weighted by Crippen LogP contribution is 2.35. The van der Waals surface area contributed by atoms with E-state index < -0.39 is 23.4 Å². The van der Waals surface area contributed by atoms with Crippen molar-refractivity contribution in [1.82, 2.24) is 10.4 Å². The van der Waals surface area contributed by atoms with Gasteiger partial charge in [-0.2, -0.15) is 0 Å². The summed E-state index contributed by atoms with van der Waals surface area (Å²) in [5.74, 6) is -2.20. The van der Waals surface area contributed by atoms with E-state index in [2.05, 4.69) is 5.48 Å². The third kappa shape index (κ3) is 2.96. The number of imide groups is 1. The van der Waals surface area contributed by atoms with Crippen LogP contribution in [0.5, 0.6) is 0 Å². The fourth-order valence-corrected chi connectivity index (χ4v) is 2.77. The molecule has 1 atom stereocenters. The Morgan fingerprint density at radius 3 is 2.64 bits per heavy atom. The van der Waals surface area contributed by atoms with Crippen LogP contribution in [-0.4, -0.2) is 45.8 Å². The highest BCUT2D eigenvalue weighted by molar-refractivity contribution is 6.10. The monoisotopic (exact) mass is 344 g/mol. The first-order chi connectivity index (χ1) is 11.8. The summed E-state index contributed by atoms with van der Waals surface area (Å²) >= 11 is 0. The zero-order valence-electron chi connectivity index (χ0n) is 13.1. The number of benzene rings is 1. The molecule has 1 spiro atoms. The third-order valence-electron chi connectivity index (χ3n) is 4.10. The van der Waals surface area contributed by atoms with Crippen molar-refractivity contribution >= 4 is 29.3 Å². The Labute approximate surface area is 142 Å². The Hall–Kier alpha value is -3.20. The Morgan fingerprint density at radius 1 is 1.36 bits per heavy atom.